The fraction of sp³-hybridized carbons (Fsp3) is 0.364. The summed E-state index contributed by atoms with van der Waals surface area (Å²) in [5, 5.41) is 14.8. The van der Waals surface area contributed by atoms with Crippen LogP contribution in [-0.2, 0) is 0 Å². The number of anilines is 1. The van der Waals surface area contributed by atoms with E-state index in [1.54, 1.807) is 12.1 Å². The molecule has 82 valence electrons. The number of aromatic hydroxyl groups is 1. The van der Waals surface area contributed by atoms with Crippen LogP contribution < -0.4 is 10.6 Å². The summed E-state index contributed by atoms with van der Waals surface area (Å²) in [5.74, 6) is 0.0777. The molecule has 2 amide bonds. The molecular weight excluding hydrogens is 192 g/mol. The molecule has 1 aromatic carbocycles. The Bertz CT molecular complexity index is 362. The van der Waals surface area contributed by atoms with Gasteiger partial charge in [-0.05, 0) is 38.5 Å². The maximum Gasteiger partial charge on any atom is 0.319 e. The molecule has 0 heterocycles. The first-order chi connectivity index (χ1) is 6.99. The van der Waals surface area contributed by atoms with Crippen molar-refractivity contribution in [1.82, 2.24) is 5.32 Å². The zero-order chi connectivity index (χ0) is 11.4. The number of amides is 2. The highest BCUT2D eigenvalue weighted by Crippen LogP contribution is 2.23. The summed E-state index contributed by atoms with van der Waals surface area (Å²) in [4.78, 5) is 11.3. The number of phenolic OH excluding ortho intramolecular Hbond substituents is 1. The Hall–Kier alpha value is -1.71. The van der Waals surface area contributed by atoms with Gasteiger partial charge in [0.05, 0.1) is 5.69 Å². The third-order valence-electron chi connectivity index (χ3n) is 1.82. The number of nitrogens with one attached hydrogen (secondary N) is 2. The normalized spacial score (nSPS) is 10.1. The van der Waals surface area contributed by atoms with Gasteiger partial charge in [0, 0.05) is 6.04 Å². The van der Waals surface area contributed by atoms with Crippen molar-refractivity contribution < 1.29 is 9.90 Å². The molecule has 0 unspecified atom stereocenters. The molecule has 0 saturated carbocycles. The zero-order valence-corrected chi connectivity index (χ0v) is 9.16. The Kier molecular flexibility index (Phi) is 3.55. The number of aryl methyl sites for hydroxylation is 1. The predicted molar refractivity (Wildman–Crippen MR) is 60.1 cm³/mol. The average Bonchev–Trinajstić information content (AvgIpc) is 2.08. The van der Waals surface area contributed by atoms with E-state index in [-0.39, 0.29) is 17.8 Å². The zero-order valence-electron chi connectivity index (χ0n) is 9.16. The minimum Gasteiger partial charge on any atom is -0.506 e. The lowest BCUT2D eigenvalue weighted by Gasteiger charge is -2.11. The number of hydrogen-bond donors (Lipinski definition) is 3. The van der Waals surface area contributed by atoms with E-state index in [9.17, 15) is 9.90 Å². The van der Waals surface area contributed by atoms with Crippen LogP contribution in [0.5, 0.6) is 5.75 Å². The molecule has 0 aromatic heterocycles. The fourth-order valence-electron chi connectivity index (χ4n) is 1.17. The molecule has 0 spiro atoms. The van der Waals surface area contributed by atoms with Crippen molar-refractivity contribution in [2.75, 3.05) is 5.32 Å². The highest BCUT2D eigenvalue weighted by molar-refractivity contribution is 5.91. The highest BCUT2D eigenvalue weighted by Gasteiger charge is 2.06. The maximum atomic E-state index is 11.3. The molecule has 1 rings (SSSR count). The lowest BCUT2D eigenvalue weighted by Crippen LogP contribution is -2.34. The molecule has 0 radical (unpaired) electrons. The number of phenols is 1. The van der Waals surface area contributed by atoms with Gasteiger partial charge >= 0.3 is 6.03 Å². The molecule has 0 aliphatic heterocycles. The molecule has 4 nitrogen and oxygen atoms in total. The van der Waals surface area contributed by atoms with Gasteiger partial charge < -0.3 is 15.7 Å². The Morgan fingerprint density at radius 1 is 1.40 bits per heavy atom. The van der Waals surface area contributed by atoms with Crippen LogP contribution in [0.15, 0.2) is 18.2 Å². The van der Waals surface area contributed by atoms with E-state index in [0.717, 1.165) is 5.56 Å². The number of hydrogen-bond acceptors (Lipinski definition) is 2. The number of carbonyl (C=O) groups excluding carboxylic acids is 1. The van der Waals surface area contributed by atoms with Gasteiger partial charge in [0.2, 0.25) is 0 Å². The summed E-state index contributed by atoms with van der Waals surface area (Å²) < 4.78 is 0. The number of rotatable bonds is 2. The van der Waals surface area contributed by atoms with Gasteiger partial charge in [-0.25, -0.2) is 4.79 Å². The Balaban J connectivity index is 2.68. The summed E-state index contributed by atoms with van der Waals surface area (Å²) in [5.41, 5.74) is 1.36. The first-order valence-corrected chi connectivity index (χ1v) is 4.86. The van der Waals surface area contributed by atoms with Crippen molar-refractivity contribution in [3.05, 3.63) is 23.8 Å². The van der Waals surface area contributed by atoms with Gasteiger partial charge in [-0.3, -0.25) is 0 Å². The van der Waals surface area contributed by atoms with Crippen LogP contribution in [0.25, 0.3) is 0 Å². The molecule has 4 heteroatoms. The third kappa shape index (κ3) is 3.50. The van der Waals surface area contributed by atoms with Crippen LogP contribution in [0.2, 0.25) is 0 Å². The second-order valence-electron chi connectivity index (χ2n) is 3.77. The van der Waals surface area contributed by atoms with Gasteiger partial charge in [0.1, 0.15) is 5.75 Å². The van der Waals surface area contributed by atoms with Crippen LogP contribution >= 0.6 is 0 Å². The molecule has 0 aliphatic rings. The maximum absolute atomic E-state index is 11.3. The molecule has 0 bridgehead atoms. The standard InChI is InChI=1S/C11H16N2O2/c1-7(2)12-11(15)13-9-5-4-8(3)6-10(9)14/h4-7,14H,1-3H3,(H2,12,13,15). The fourth-order valence-corrected chi connectivity index (χ4v) is 1.17. The van der Waals surface area contributed by atoms with E-state index in [1.807, 2.05) is 26.8 Å². The van der Waals surface area contributed by atoms with Gasteiger partial charge in [-0.2, -0.15) is 0 Å². The number of carbonyl (C=O) groups is 1. The van der Waals surface area contributed by atoms with E-state index >= 15 is 0 Å². The molecule has 0 saturated heterocycles. The average molecular weight is 208 g/mol. The van der Waals surface area contributed by atoms with Gasteiger partial charge in [-0.1, -0.05) is 6.07 Å². The molecule has 3 N–H and O–H groups in total. The monoisotopic (exact) mass is 208 g/mol. The predicted octanol–water partition coefficient (Wildman–Crippen LogP) is 2.23. The molecule has 0 aliphatic carbocycles. The first-order valence-electron chi connectivity index (χ1n) is 4.86. The van der Waals surface area contributed by atoms with Crippen molar-refractivity contribution in [3.63, 3.8) is 0 Å². The van der Waals surface area contributed by atoms with Crippen LogP contribution in [0.3, 0.4) is 0 Å². The summed E-state index contributed by atoms with van der Waals surface area (Å²) in [6.07, 6.45) is 0. The largest absolute Gasteiger partial charge is 0.506 e. The molecular formula is C11H16N2O2. The Morgan fingerprint density at radius 3 is 2.60 bits per heavy atom. The minimum atomic E-state index is -0.316. The van der Waals surface area contributed by atoms with E-state index in [4.69, 9.17) is 0 Å². The van der Waals surface area contributed by atoms with Crippen molar-refractivity contribution in [2.45, 2.75) is 26.8 Å². The summed E-state index contributed by atoms with van der Waals surface area (Å²) >= 11 is 0. The van der Waals surface area contributed by atoms with Crippen molar-refractivity contribution in [2.24, 2.45) is 0 Å². The molecule has 15 heavy (non-hydrogen) atoms. The smallest absolute Gasteiger partial charge is 0.319 e. The van der Waals surface area contributed by atoms with E-state index in [0.29, 0.717) is 5.69 Å². The van der Waals surface area contributed by atoms with Crippen molar-refractivity contribution in [1.29, 1.82) is 0 Å². The summed E-state index contributed by atoms with van der Waals surface area (Å²) in [6.45, 7) is 5.61. The molecule has 0 atom stereocenters. The van der Waals surface area contributed by atoms with Crippen LogP contribution in [0.1, 0.15) is 19.4 Å². The van der Waals surface area contributed by atoms with E-state index < -0.39 is 0 Å². The Morgan fingerprint density at radius 2 is 2.07 bits per heavy atom. The van der Waals surface area contributed by atoms with Gasteiger partial charge in [-0.15, -0.1) is 0 Å². The SMILES string of the molecule is Cc1ccc(NC(=O)NC(C)C)c(O)c1. The van der Waals surface area contributed by atoms with Gasteiger partial charge in [0.25, 0.3) is 0 Å². The number of urea groups is 1. The minimum absolute atomic E-state index is 0.0672. The first kappa shape index (κ1) is 11.4. The molecule has 1 aromatic rings. The molecule has 0 fully saturated rings. The summed E-state index contributed by atoms with van der Waals surface area (Å²) in [6, 6.07) is 4.85. The van der Waals surface area contributed by atoms with Crippen molar-refractivity contribution >= 4 is 11.7 Å². The highest BCUT2D eigenvalue weighted by atomic mass is 16.3. The second-order valence-corrected chi connectivity index (χ2v) is 3.77. The lowest BCUT2D eigenvalue weighted by atomic mass is 10.2. The van der Waals surface area contributed by atoms with Crippen LogP contribution in [0.4, 0.5) is 10.5 Å². The third-order valence-corrected chi connectivity index (χ3v) is 1.82. The van der Waals surface area contributed by atoms with Crippen molar-refractivity contribution in [3.8, 4) is 5.75 Å². The number of benzene rings is 1. The van der Waals surface area contributed by atoms with E-state index in [1.165, 1.54) is 0 Å². The van der Waals surface area contributed by atoms with Crippen LogP contribution in [0, 0.1) is 6.92 Å². The second kappa shape index (κ2) is 4.68. The van der Waals surface area contributed by atoms with Crippen LogP contribution in [-0.4, -0.2) is 17.2 Å². The Labute approximate surface area is 89.3 Å². The lowest BCUT2D eigenvalue weighted by molar-refractivity contribution is 0.250. The van der Waals surface area contributed by atoms with E-state index in [2.05, 4.69) is 10.6 Å². The van der Waals surface area contributed by atoms with Gasteiger partial charge in [0.15, 0.2) is 0 Å². The quantitative estimate of drug-likeness (QED) is 0.653. The topological polar surface area (TPSA) is 61.4 Å². The summed E-state index contributed by atoms with van der Waals surface area (Å²) in [7, 11) is 0.